The molecule has 1 aliphatic heterocycles. The minimum Gasteiger partial charge on any atom is -0.356 e. The Morgan fingerprint density at radius 3 is 2.41 bits per heavy atom. The third-order valence-corrected chi connectivity index (χ3v) is 6.08. The number of carbonyl (C=O) groups excluding carboxylic acids is 3. The fraction of sp³-hybridized carbons (Fsp3) is 0.393. The number of nitrogens with zero attached hydrogens (tertiary/aromatic N) is 3. The van der Waals surface area contributed by atoms with E-state index in [0.717, 1.165) is 18.5 Å². The summed E-state index contributed by atoms with van der Waals surface area (Å²) in [7, 11) is 0. The summed E-state index contributed by atoms with van der Waals surface area (Å²) in [5, 5.41) is 19.2. The summed E-state index contributed by atoms with van der Waals surface area (Å²) in [5.74, 6) is -0.422. The molecule has 2 N–H and O–H groups in total. The van der Waals surface area contributed by atoms with Crippen LogP contribution in [0, 0.1) is 28.5 Å². The first-order chi connectivity index (χ1) is 17.4. The molecule has 0 bridgehead atoms. The van der Waals surface area contributed by atoms with E-state index in [4.69, 9.17) is 5.26 Å². The number of ketones is 1. The van der Waals surface area contributed by atoms with Crippen LogP contribution in [0.25, 0.3) is 10.9 Å². The summed E-state index contributed by atoms with van der Waals surface area (Å²) in [6, 6.07) is 12.7. The van der Waals surface area contributed by atoms with Crippen molar-refractivity contribution in [1.29, 1.82) is 5.26 Å². The number of nitrogens with one attached hydrogen (secondary N) is 2. The monoisotopic (exact) mass is 505 g/mol. The minimum atomic E-state index is -0.697. The standard InChI is InChI=1S/C23H23FN4O2.C5H9NO/c1-14(29)21(23(2,3)4)26-22(30)19-17-6-5-7-18(24)20(17)28(27-19)13-16-10-8-15(12-25)9-11-16;1-4-2-5(7)6-3-4/h5-11,21H,13H2,1-4H3,(H,26,30);4H,2-3H2,1H3,(H,6,7). The average Bonchev–Trinajstić information content (AvgIpc) is 3.40. The van der Waals surface area contributed by atoms with E-state index < -0.39 is 23.2 Å². The Bertz CT molecular complexity index is 1350. The summed E-state index contributed by atoms with van der Waals surface area (Å²) >= 11 is 0. The summed E-state index contributed by atoms with van der Waals surface area (Å²) in [5.41, 5.74) is 1.13. The van der Waals surface area contributed by atoms with Crippen molar-refractivity contribution < 1.29 is 18.8 Å². The molecule has 2 amide bonds. The second-order valence-electron chi connectivity index (χ2n) is 10.4. The maximum absolute atomic E-state index is 14.6. The lowest BCUT2D eigenvalue weighted by Gasteiger charge is -2.29. The predicted octanol–water partition coefficient (Wildman–Crippen LogP) is 3.97. The average molecular weight is 506 g/mol. The number of benzene rings is 2. The number of halogens is 1. The molecule has 2 unspecified atom stereocenters. The Morgan fingerprint density at radius 1 is 1.24 bits per heavy atom. The van der Waals surface area contributed by atoms with Crippen molar-refractivity contribution in [3.05, 3.63) is 65.1 Å². The van der Waals surface area contributed by atoms with Gasteiger partial charge in [0.15, 0.2) is 11.5 Å². The Balaban J connectivity index is 0.000000468. The van der Waals surface area contributed by atoms with E-state index in [1.54, 1.807) is 30.3 Å². The summed E-state index contributed by atoms with van der Waals surface area (Å²) in [6.45, 7) is 10.2. The number of amides is 2. The molecule has 3 aromatic rings. The smallest absolute Gasteiger partial charge is 0.273 e. The van der Waals surface area contributed by atoms with Crippen molar-refractivity contribution in [3.63, 3.8) is 0 Å². The van der Waals surface area contributed by atoms with Gasteiger partial charge in [0.2, 0.25) is 5.91 Å². The lowest BCUT2D eigenvalue weighted by molar-refractivity contribution is -0.121. The number of fused-ring (bicyclic) bond motifs is 1. The fourth-order valence-corrected chi connectivity index (χ4v) is 4.21. The maximum atomic E-state index is 14.6. The van der Waals surface area contributed by atoms with Gasteiger partial charge in [-0.25, -0.2) is 4.39 Å². The van der Waals surface area contributed by atoms with Gasteiger partial charge < -0.3 is 10.6 Å². The van der Waals surface area contributed by atoms with Crippen LogP contribution in [0.2, 0.25) is 0 Å². The van der Waals surface area contributed by atoms with Crippen molar-refractivity contribution >= 4 is 28.5 Å². The van der Waals surface area contributed by atoms with Gasteiger partial charge in [0, 0.05) is 18.4 Å². The van der Waals surface area contributed by atoms with E-state index in [2.05, 4.69) is 28.7 Å². The fourth-order valence-electron chi connectivity index (χ4n) is 4.21. The van der Waals surface area contributed by atoms with Gasteiger partial charge >= 0.3 is 0 Å². The van der Waals surface area contributed by atoms with Crippen LogP contribution in [0.3, 0.4) is 0 Å². The number of hydrogen-bond acceptors (Lipinski definition) is 5. The zero-order valence-corrected chi connectivity index (χ0v) is 21.8. The summed E-state index contributed by atoms with van der Waals surface area (Å²) in [4.78, 5) is 35.4. The van der Waals surface area contributed by atoms with Crippen molar-refractivity contribution in [2.75, 3.05) is 6.54 Å². The molecule has 37 heavy (non-hydrogen) atoms. The van der Waals surface area contributed by atoms with Crippen LogP contribution in [0.15, 0.2) is 42.5 Å². The highest BCUT2D eigenvalue weighted by molar-refractivity contribution is 6.06. The van der Waals surface area contributed by atoms with Gasteiger partial charge in [0.1, 0.15) is 11.3 Å². The molecule has 2 aromatic carbocycles. The molecular formula is C28H32FN5O3. The van der Waals surface area contributed by atoms with Crippen LogP contribution >= 0.6 is 0 Å². The first-order valence-electron chi connectivity index (χ1n) is 12.1. The van der Waals surface area contributed by atoms with Gasteiger partial charge in [0.05, 0.1) is 24.2 Å². The van der Waals surface area contributed by atoms with Crippen molar-refractivity contribution in [3.8, 4) is 6.07 Å². The van der Waals surface area contributed by atoms with Gasteiger partial charge in [-0.1, -0.05) is 52.0 Å². The number of aromatic nitrogens is 2. The molecule has 1 fully saturated rings. The van der Waals surface area contributed by atoms with Gasteiger partial charge in [-0.05, 0) is 42.0 Å². The molecular weight excluding hydrogens is 473 g/mol. The predicted molar refractivity (Wildman–Crippen MR) is 138 cm³/mol. The molecule has 8 nitrogen and oxygen atoms in total. The number of hydrogen-bond donors (Lipinski definition) is 2. The molecule has 194 valence electrons. The molecule has 2 heterocycles. The minimum absolute atomic E-state index is 0.0636. The number of rotatable bonds is 5. The lowest BCUT2D eigenvalue weighted by atomic mass is 9.84. The molecule has 0 radical (unpaired) electrons. The van der Waals surface area contributed by atoms with E-state index in [0.29, 0.717) is 16.9 Å². The molecule has 1 aliphatic rings. The van der Waals surface area contributed by atoms with E-state index in [-0.39, 0.29) is 29.4 Å². The first-order valence-corrected chi connectivity index (χ1v) is 12.1. The number of nitriles is 1. The number of carbonyl (C=O) groups is 3. The topological polar surface area (TPSA) is 117 Å². The molecule has 0 spiro atoms. The molecule has 2 atom stereocenters. The maximum Gasteiger partial charge on any atom is 0.273 e. The van der Waals surface area contributed by atoms with E-state index in [1.165, 1.54) is 23.7 Å². The molecule has 1 saturated heterocycles. The van der Waals surface area contributed by atoms with E-state index in [1.807, 2.05) is 20.8 Å². The largest absolute Gasteiger partial charge is 0.356 e. The number of para-hydroxylation sites is 1. The second-order valence-corrected chi connectivity index (χ2v) is 10.4. The number of Topliss-reactive ketones (excluding diaryl/α,β-unsaturated/α-hetero) is 1. The van der Waals surface area contributed by atoms with Crippen LogP contribution in [-0.4, -0.2) is 40.0 Å². The molecule has 1 aromatic heterocycles. The Morgan fingerprint density at radius 2 is 1.92 bits per heavy atom. The quantitative estimate of drug-likeness (QED) is 0.544. The third-order valence-electron chi connectivity index (χ3n) is 6.08. The molecule has 9 heteroatoms. The SMILES string of the molecule is CC(=O)C(NC(=O)c1nn(Cc2ccc(C#N)cc2)c2c(F)cccc12)C(C)(C)C.CC1CNC(=O)C1. The Labute approximate surface area is 215 Å². The van der Waals surface area contributed by atoms with Crippen molar-refractivity contribution in [2.45, 2.75) is 53.6 Å². The normalized spacial score (nSPS) is 15.8. The van der Waals surface area contributed by atoms with Crippen LogP contribution in [0.5, 0.6) is 0 Å². The zero-order chi connectivity index (χ0) is 27.3. The highest BCUT2D eigenvalue weighted by Gasteiger charge is 2.32. The van der Waals surface area contributed by atoms with Gasteiger partial charge in [-0.3, -0.25) is 19.1 Å². The van der Waals surface area contributed by atoms with Crippen LogP contribution < -0.4 is 10.6 Å². The van der Waals surface area contributed by atoms with Gasteiger partial charge in [-0.15, -0.1) is 0 Å². The van der Waals surface area contributed by atoms with E-state index in [9.17, 15) is 18.8 Å². The third kappa shape index (κ3) is 6.79. The van der Waals surface area contributed by atoms with Crippen LogP contribution in [0.4, 0.5) is 4.39 Å². The molecule has 0 aliphatic carbocycles. The Kier molecular flexibility index (Phi) is 8.43. The molecule has 0 saturated carbocycles. The van der Waals surface area contributed by atoms with Crippen molar-refractivity contribution in [1.82, 2.24) is 20.4 Å². The second kappa shape index (κ2) is 11.3. The molecule has 4 rings (SSSR count). The van der Waals surface area contributed by atoms with Crippen LogP contribution in [-0.2, 0) is 16.1 Å². The highest BCUT2D eigenvalue weighted by atomic mass is 19.1. The van der Waals surface area contributed by atoms with Gasteiger partial charge in [0.25, 0.3) is 5.91 Å². The van der Waals surface area contributed by atoms with Crippen LogP contribution in [0.1, 0.15) is 62.7 Å². The van der Waals surface area contributed by atoms with E-state index >= 15 is 0 Å². The lowest BCUT2D eigenvalue weighted by Crippen LogP contribution is -2.48. The Hall–Kier alpha value is -4.06. The van der Waals surface area contributed by atoms with Crippen molar-refractivity contribution in [2.24, 2.45) is 11.3 Å². The zero-order valence-electron chi connectivity index (χ0n) is 21.8. The summed E-state index contributed by atoms with van der Waals surface area (Å²) < 4.78 is 16.1. The summed E-state index contributed by atoms with van der Waals surface area (Å²) in [6.07, 6.45) is 0.722. The van der Waals surface area contributed by atoms with Gasteiger partial charge in [-0.2, -0.15) is 10.4 Å². The highest BCUT2D eigenvalue weighted by Crippen LogP contribution is 2.25. The first kappa shape index (κ1) is 27.5.